The summed E-state index contributed by atoms with van der Waals surface area (Å²) in [6, 6.07) is 5.28. The number of pyridine rings is 1. The molecule has 3 rings (SSSR count). The molecule has 0 saturated heterocycles. The van der Waals surface area contributed by atoms with Gasteiger partial charge in [-0.15, -0.1) is 0 Å². The highest BCUT2D eigenvalue weighted by Crippen LogP contribution is 2.19. The van der Waals surface area contributed by atoms with Gasteiger partial charge in [0.15, 0.2) is 0 Å². The van der Waals surface area contributed by atoms with Gasteiger partial charge in [0.25, 0.3) is 0 Å². The zero-order chi connectivity index (χ0) is 12.0. The first-order valence-electron chi connectivity index (χ1n) is 5.29. The molecule has 0 unspecified atom stereocenters. The lowest BCUT2D eigenvalue weighted by Gasteiger charge is -2.04. The van der Waals surface area contributed by atoms with Crippen molar-refractivity contribution in [3.8, 4) is 5.82 Å². The van der Waals surface area contributed by atoms with Crippen molar-refractivity contribution in [2.45, 2.75) is 6.92 Å². The zero-order valence-corrected chi connectivity index (χ0v) is 9.55. The van der Waals surface area contributed by atoms with E-state index in [-0.39, 0.29) is 5.82 Å². The summed E-state index contributed by atoms with van der Waals surface area (Å²) in [4.78, 5) is 4.11. The van der Waals surface area contributed by atoms with Crippen LogP contribution in [0.25, 0.3) is 16.9 Å². The van der Waals surface area contributed by atoms with Gasteiger partial charge in [-0.3, -0.25) is 9.25 Å². The molecular weight excluding hydrogens is 219 g/mol. The maximum atomic E-state index is 13.0. The Morgan fingerprint density at radius 1 is 1.29 bits per heavy atom. The van der Waals surface area contributed by atoms with E-state index in [9.17, 15) is 4.39 Å². The van der Waals surface area contributed by atoms with Crippen LogP contribution in [0.2, 0.25) is 0 Å². The molecule has 0 aromatic carbocycles. The smallest absolute Gasteiger partial charge is 0.145 e. The van der Waals surface area contributed by atoms with Crippen LogP contribution >= 0.6 is 0 Å². The van der Waals surface area contributed by atoms with Crippen molar-refractivity contribution in [1.29, 1.82) is 0 Å². The quantitative estimate of drug-likeness (QED) is 0.642. The van der Waals surface area contributed by atoms with E-state index in [1.807, 2.05) is 36.9 Å². The second-order valence-electron chi connectivity index (χ2n) is 4.02. The molecule has 0 saturated carbocycles. The van der Waals surface area contributed by atoms with Gasteiger partial charge < -0.3 is 0 Å². The molecule has 86 valence electrons. The van der Waals surface area contributed by atoms with Crippen LogP contribution < -0.4 is 0 Å². The Labute approximate surface area is 97.3 Å². The van der Waals surface area contributed by atoms with E-state index in [0.717, 1.165) is 22.5 Å². The van der Waals surface area contributed by atoms with Crippen LogP contribution in [-0.2, 0) is 7.05 Å². The normalized spacial score (nSPS) is 11.2. The lowest BCUT2D eigenvalue weighted by molar-refractivity contribution is 0.624. The molecule has 0 aliphatic heterocycles. The van der Waals surface area contributed by atoms with Gasteiger partial charge in [0, 0.05) is 24.7 Å². The lowest BCUT2D eigenvalue weighted by atomic mass is 10.3. The molecule has 3 heterocycles. The highest BCUT2D eigenvalue weighted by Gasteiger charge is 2.09. The van der Waals surface area contributed by atoms with Crippen molar-refractivity contribution < 1.29 is 4.39 Å². The monoisotopic (exact) mass is 230 g/mol. The summed E-state index contributed by atoms with van der Waals surface area (Å²) in [6.45, 7) is 1.93. The van der Waals surface area contributed by atoms with Crippen molar-refractivity contribution in [1.82, 2.24) is 19.3 Å². The third-order valence-corrected chi connectivity index (χ3v) is 2.72. The number of hydrogen-bond donors (Lipinski definition) is 0. The molecule has 0 N–H and O–H groups in total. The molecule has 0 atom stereocenters. The first-order valence-corrected chi connectivity index (χ1v) is 5.29. The van der Waals surface area contributed by atoms with E-state index in [1.54, 1.807) is 4.68 Å². The van der Waals surface area contributed by atoms with Gasteiger partial charge in [-0.25, -0.2) is 9.37 Å². The minimum Gasteiger partial charge on any atom is -0.286 e. The van der Waals surface area contributed by atoms with Gasteiger partial charge in [0.2, 0.25) is 0 Å². The fourth-order valence-electron chi connectivity index (χ4n) is 2.00. The molecule has 0 fully saturated rings. The molecule has 0 amide bonds. The predicted molar refractivity (Wildman–Crippen MR) is 62.5 cm³/mol. The Morgan fingerprint density at radius 2 is 2.12 bits per heavy atom. The summed E-state index contributed by atoms with van der Waals surface area (Å²) < 4.78 is 16.7. The van der Waals surface area contributed by atoms with Gasteiger partial charge in [-0.05, 0) is 19.1 Å². The first kappa shape index (κ1) is 10.0. The molecule has 0 aliphatic carbocycles. The standard InChI is InChI=1S/C12H11FN4/c1-8-5-11(16(2)15-8)17-4-3-9-6-10(13)7-14-12(9)17/h3-7H,1-2H3. The van der Waals surface area contributed by atoms with Crippen molar-refractivity contribution in [2.24, 2.45) is 7.05 Å². The predicted octanol–water partition coefficient (Wildman–Crippen LogP) is 2.21. The Kier molecular flexibility index (Phi) is 2.01. The maximum absolute atomic E-state index is 13.0. The fourth-order valence-corrected chi connectivity index (χ4v) is 2.00. The molecule has 0 aliphatic rings. The molecule has 0 radical (unpaired) electrons. The number of halogens is 1. The minimum absolute atomic E-state index is 0.323. The number of nitrogens with zero attached hydrogens (tertiary/aromatic N) is 4. The Hall–Kier alpha value is -2.17. The molecule has 0 bridgehead atoms. The van der Waals surface area contributed by atoms with Gasteiger partial charge in [0.05, 0.1) is 11.9 Å². The molecular formula is C12H11FN4. The highest BCUT2D eigenvalue weighted by atomic mass is 19.1. The van der Waals surface area contributed by atoms with Gasteiger partial charge in [-0.1, -0.05) is 0 Å². The largest absolute Gasteiger partial charge is 0.286 e. The first-order chi connectivity index (χ1) is 8.15. The van der Waals surface area contributed by atoms with Crippen LogP contribution in [0.3, 0.4) is 0 Å². The topological polar surface area (TPSA) is 35.6 Å². The average molecular weight is 230 g/mol. The van der Waals surface area contributed by atoms with Crippen LogP contribution in [-0.4, -0.2) is 19.3 Å². The van der Waals surface area contributed by atoms with Crippen LogP contribution in [0, 0.1) is 12.7 Å². The van der Waals surface area contributed by atoms with E-state index >= 15 is 0 Å². The SMILES string of the molecule is Cc1cc(-n2ccc3cc(F)cnc32)n(C)n1. The van der Waals surface area contributed by atoms with Crippen LogP contribution in [0.15, 0.2) is 30.6 Å². The third-order valence-electron chi connectivity index (χ3n) is 2.72. The average Bonchev–Trinajstić information content (AvgIpc) is 2.81. The molecule has 4 nitrogen and oxygen atoms in total. The second-order valence-corrected chi connectivity index (χ2v) is 4.02. The van der Waals surface area contributed by atoms with Gasteiger partial charge >= 0.3 is 0 Å². The lowest BCUT2D eigenvalue weighted by Crippen LogP contribution is -2.02. The summed E-state index contributed by atoms with van der Waals surface area (Å²) in [7, 11) is 1.87. The Bertz CT molecular complexity index is 696. The highest BCUT2D eigenvalue weighted by molar-refractivity contribution is 5.77. The molecule has 3 aromatic heterocycles. The Balaban J connectivity index is 2.28. The van der Waals surface area contributed by atoms with E-state index in [2.05, 4.69) is 10.1 Å². The number of aromatic nitrogens is 4. The van der Waals surface area contributed by atoms with E-state index < -0.39 is 0 Å². The van der Waals surface area contributed by atoms with Crippen LogP contribution in [0.4, 0.5) is 4.39 Å². The summed E-state index contributed by atoms with van der Waals surface area (Å²) >= 11 is 0. The van der Waals surface area contributed by atoms with E-state index in [0.29, 0.717) is 0 Å². The summed E-state index contributed by atoms with van der Waals surface area (Å²) in [5.41, 5.74) is 1.67. The second kappa shape index (κ2) is 3.41. The number of rotatable bonds is 1. The minimum atomic E-state index is -0.323. The van der Waals surface area contributed by atoms with E-state index in [1.165, 1.54) is 12.3 Å². The van der Waals surface area contributed by atoms with Crippen molar-refractivity contribution in [2.75, 3.05) is 0 Å². The van der Waals surface area contributed by atoms with Crippen molar-refractivity contribution >= 4 is 11.0 Å². The van der Waals surface area contributed by atoms with Crippen LogP contribution in [0.5, 0.6) is 0 Å². The molecule has 17 heavy (non-hydrogen) atoms. The number of hydrogen-bond acceptors (Lipinski definition) is 2. The molecule has 5 heteroatoms. The summed E-state index contributed by atoms with van der Waals surface area (Å²) in [5.74, 6) is 0.591. The van der Waals surface area contributed by atoms with Gasteiger partial charge in [-0.2, -0.15) is 5.10 Å². The van der Waals surface area contributed by atoms with Crippen molar-refractivity contribution in [3.05, 3.63) is 42.1 Å². The maximum Gasteiger partial charge on any atom is 0.145 e. The van der Waals surface area contributed by atoms with Crippen molar-refractivity contribution in [3.63, 3.8) is 0 Å². The van der Waals surface area contributed by atoms with Gasteiger partial charge in [0.1, 0.15) is 17.3 Å². The fraction of sp³-hybridized carbons (Fsp3) is 0.167. The summed E-state index contributed by atoms with van der Waals surface area (Å²) in [6.07, 6.45) is 3.09. The third kappa shape index (κ3) is 1.51. The number of fused-ring (bicyclic) bond motifs is 1. The van der Waals surface area contributed by atoms with E-state index in [4.69, 9.17) is 0 Å². The van der Waals surface area contributed by atoms with Crippen LogP contribution in [0.1, 0.15) is 5.69 Å². The molecule has 3 aromatic rings. The zero-order valence-electron chi connectivity index (χ0n) is 9.55. The Morgan fingerprint density at radius 3 is 2.82 bits per heavy atom. The summed E-state index contributed by atoms with van der Waals surface area (Å²) in [5, 5.41) is 5.07. The number of aryl methyl sites for hydroxylation is 2. The molecule has 0 spiro atoms.